The zero-order valence-corrected chi connectivity index (χ0v) is 15.7. The van der Waals surface area contributed by atoms with Crippen molar-refractivity contribution in [3.8, 4) is 0 Å². The van der Waals surface area contributed by atoms with E-state index in [1.807, 2.05) is 35.2 Å². The lowest BCUT2D eigenvalue weighted by Crippen LogP contribution is -2.41. The fraction of sp³-hybridized carbons (Fsp3) is 0.667. The molecule has 1 aromatic carbocycles. The Morgan fingerprint density at radius 2 is 1.84 bits per heavy atom. The van der Waals surface area contributed by atoms with Crippen molar-refractivity contribution in [1.82, 2.24) is 10.2 Å². The van der Waals surface area contributed by atoms with Crippen molar-refractivity contribution in [3.63, 3.8) is 0 Å². The maximum absolute atomic E-state index is 12.2. The van der Waals surface area contributed by atoms with Gasteiger partial charge in [-0.1, -0.05) is 62.9 Å². The van der Waals surface area contributed by atoms with Gasteiger partial charge in [0.05, 0.1) is 0 Å². The molecule has 1 aliphatic rings. The van der Waals surface area contributed by atoms with E-state index < -0.39 is 0 Å². The van der Waals surface area contributed by atoms with Crippen LogP contribution >= 0.6 is 0 Å². The van der Waals surface area contributed by atoms with Crippen molar-refractivity contribution in [2.24, 2.45) is 5.92 Å². The van der Waals surface area contributed by atoms with Gasteiger partial charge in [0.15, 0.2) is 0 Å². The summed E-state index contributed by atoms with van der Waals surface area (Å²) in [5, 5.41) is 3.59. The van der Waals surface area contributed by atoms with E-state index >= 15 is 0 Å². The maximum Gasteiger partial charge on any atom is 0.410 e. The predicted molar refractivity (Wildman–Crippen MR) is 103 cm³/mol. The topological polar surface area (TPSA) is 41.6 Å². The minimum absolute atomic E-state index is 0.175. The highest BCUT2D eigenvalue weighted by molar-refractivity contribution is 5.67. The molecule has 0 aromatic heterocycles. The lowest BCUT2D eigenvalue weighted by atomic mass is 9.97. The first-order valence-electron chi connectivity index (χ1n) is 9.96. The fourth-order valence-electron chi connectivity index (χ4n) is 3.29. The van der Waals surface area contributed by atoms with Gasteiger partial charge in [-0.15, -0.1) is 0 Å². The molecule has 0 aliphatic carbocycles. The van der Waals surface area contributed by atoms with Crippen molar-refractivity contribution in [1.29, 1.82) is 0 Å². The Balaban J connectivity index is 1.52. The Morgan fingerprint density at radius 1 is 1.12 bits per heavy atom. The Hall–Kier alpha value is -1.55. The summed E-state index contributed by atoms with van der Waals surface area (Å²) in [5.41, 5.74) is 1.04. The van der Waals surface area contributed by atoms with E-state index in [0.29, 0.717) is 12.5 Å². The number of nitrogens with one attached hydrogen (secondary N) is 1. The molecule has 1 fully saturated rings. The van der Waals surface area contributed by atoms with E-state index in [2.05, 4.69) is 12.2 Å². The summed E-state index contributed by atoms with van der Waals surface area (Å²) in [7, 11) is 0. The molecule has 140 valence electrons. The van der Waals surface area contributed by atoms with Crippen molar-refractivity contribution >= 4 is 6.09 Å². The zero-order valence-electron chi connectivity index (χ0n) is 15.7. The first-order chi connectivity index (χ1) is 12.3. The molecule has 4 heteroatoms. The Bertz CT molecular complexity index is 470. The number of hydrogen-bond acceptors (Lipinski definition) is 3. The van der Waals surface area contributed by atoms with Gasteiger partial charge >= 0.3 is 6.09 Å². The maximum atomic E-state index is 12.2. The molecule has 0 spiro atoms. The number of amides is 1. The molecule has 25 heavy (non-hydrogen) atoms. The van der Waals surface area contributed by atoms with Gasteiger partial charge in [0.1, 0.15) is 6.61 Å². The first kappa shape index (κ1) is 19.8. The zero-order chi connectivity index (χ0) is 17.7. The van der Waals surface area contributed by atoms with Gasteiger partial charge in [0, 0.05) is 13.1 Å². The molecule has 0 unspecified atom stereocenters. The van der Waals surface area contributed by atoms with Crippen LogP contribution in [0.15, 0.2) is 30.3 Å². The quantitative estimate of drug-likeness (QED) is 0.630. The molecule has 1 N–H and O–H groups in total. The average Bonchev–Trinajstić information content (AvgIpc) is 2.67. The molecule has 0 radical (unpaired) electrons. The van der Waals surface area contributed by atoms with Crippen LogP contribution in [0.25, 0.3) is 0 Å². The van der Waals surface area contributed by atoms with E-state index in [-0.39, 0.29) is 6.09 Å². The predicted octanol–water partition coefficient (Wildman–Crippen LogP) is 4.60. The fourth-order valence-corrected chi connectivity index (χ4v) is 3.29. The SMILES string of the molecule is CCCCCCCNCC1CCN(C(=O)OCc2ccccc2)CC1. The van der Waals surface area contributed by atoms with E-state index in [0.717, 1.165) is 44.6 Å². The minimum Gasteiger partial charge on any atom is -0.445 e. The Kier molecular flexibility index (Phi) is 9.42. The third-order valence-corrected chi connectivity index (χ3v) is 4.97. The minimum atomic E-state index is -0.175. The molecule has 4 nitrogen and oxygen atoms in total. The summed E-state index contributed by atoms with van der Waals surface area (Å²) in [4.78, 5) is 14.0. The lowest BCUT2D eigenvalue weighted by molar-refractivity contribution is 0.0822. The summed E-state index contributed by atoms with van der Waals surface area (Å²) in [5.74, 6) is 0.689. The van der Waals surface area contributed by atoms with Crippen LogP contribution < -0.4 is 5.32 Å². The second kappa shape index (κ2) is 11.9. The smallest absolute Gasteiger partial charge is 0.410 e. The molecule has 0 bridgehead atoms. The lowest BCUT2D eigenvalue weighted by Gasteiger charge is -2.31. The van der Waals surface area contributed by atoms with E-state index in [1.54, 1.807) is 0 Å². The van der Waals surface area contributed by atoms with E-state index in [4.69, 9.17) is 4.74 Å². The van der Waals surface area contributed by atoms with Crippen LogP contribution in [-0.4, -0.2) is 37.2 Å². The number of piperidine rings is 1. The number of rotatable bonds is 10. The van der Waals surface area contributed by atoms with Crippen LogP contribution in [0.1, 0.15) is 57.4 Å². The number of carbonyl (C=O) groups excluding carboxylic acids is 1. The molecule has 0 saturated carbocycles. The Labute approximate surface area is 152 Å². The van der Waals surface area contributed by atoms with E-state index in [9.17, 15) is 4.79 Å². The second-order valence-electron chi connectivity index (χ2n) is 7.09. The van der Waals surface area contributed by atoms with Gasteiger partial charge in [0.25, 0.3) is 0 Å². The summed E-state index contributed by atoms with van der Waals surface area (Å²) in [6.07, 6.45) is 8.62. The van der Waals surface area contributed by atoms with Crippen LogP contribution in [-0.2, 0) is 11.3 Å². The van der Waals surface area contributed by atoms with Gasteiger partial charge in [-0.25, -0.2) is 4.79 Å². The van der Waals surface area contributed by atoms with Crippen LogP contribution in [0.3, 0.4) is 0 Å². The molecule has 1 saturated heterocycles. The van der Waals surface area contributed by atoms with Crippen LogP contribution in [0, 0.1) is 5.92 Å². The van der Waals surface area contributed by atoms with Crippen molar-refractivity contribution in [3.05, 3.63) is 35.9 Å². The monoisotopic (exact) mass is 346 g/mol. The summed E-state index contributed by atoms with van der Waals surface area (Å²) in [6, 6.07) is 9.85. The van der Waals surface area contributed by atoms with Gasteiger partial charge in [-0.2, -0.15) is 0 Å². The Morgan fingerprint density at radius 3 is 2.56 bits per heavy atom. The largest absolute Gasteiger partial charge is 0.445 e. The standard InChI is InChI=1S/C21H34N2O2/c1-2-3-4-5-9-14-22-17-19-12-15-23(16-13-19)21(24)25-18-20-10-7-6-8-11-20/h6-8,10-11,19,22H,2-5,9,12-18H2,1H3. The molecule has 0 atom stereocenters. The number of unbranched alkanes of at least 4 members (excludes halogenated alkanes) is 4. The van der Waals surface area contributed by atoms with Gasteiger partial charge in [0.2, 0.25) is 0 Å². The van der Waals surface area contributed by atoms with Gasteiger partial charge in [-0.3, -0.25) is 0 Å². The van der Waals surface area contributed by atoms with Crippen molar-refractivity contribution in [2.75, 3.05) is 26.2 Å². The normalized spacial score (nSPS) is 15.3. The number of carbonyl (C=O) groups is 1. The summed E-state index contributed by atoms with van der Waals surface area (Å²) >= 11 is 0. The van der Waals surface area contributed by atoms with Crippen LogP contribution in [0.2, 0.25) is 0 Å². The van der Waals surface area contributed by atoms with E-state index in [1.165, 1.54) is 32.1 Å². The molecular formula is C21H34N2O2. The van der Waals surface area contributed by atoms with Gasteiger partial charge < -0.3 is 15.0 Å². The molecule has 2 rings (SSSR count). The second-order valence-corrected chi connectivity index (χ2v) is 7.09. The van der Waals surface area contributed by atoms with Crippen molar-refractivity contribution < 1.29 is 9.53 Å². The number of nitrogens with zero attached hydrogens (tertiary/aromatic N) is 1. The van der Waals surface area contributed by atoms with Gasteiger partial charge in [-0.05, 0) is 43.8 Å². The highest BCUT2D eigenvalue weighted by atomic mass is 16.6. The third kappa shape index (κ3) is 7.91. The number of likely N-dealkylation sites (tertiary alicyclic amines) is 1. The third-order valence-electron chi connectivity index (χ3n) is 4.97. The molecule has 1 aliphatic heterocycles. The summed E-state index contributed by atoms with van der Waals surface area (Å²) < 4.78 is 5.42. The number of ether oxygens (including phenoxy) is 1. The summed E-state index contributed by atoms with van der Waals surface area (Å²) in [6.45, 7) is 6.46. The van der Waals surface area contributed by atoms with Crippen LogP contribution in [0.5, 0.6) is 0 Å². The molecular weight excluding hydrogens is 312 g/mol. The number of hydrogen-bond donors (Lipinski definition) is 1. The number of benzene rings is 1. The van der Waals surface area contributed by atoms with Crippen molar-refractivity contribution in [2.45, 2.75) is 58.5 Å². The first-order valence-corrected chi connectivity index (χ1v) is 9.96. The van der Waals surface area contributed by atoms with Crippen LogP contribution in [0.4, 0.5) is 4.79 Å². The average molecular weight is 347 g/mol. The molecule has 1 aromatic rings. The molecule has 1 heterocycles. The highest BCUT2D eigenvalue weighted by Crippen LogP contribution is 2.17. The molecule has 1 amide bonds. The highest BCUT2D eigenvalue weighted by Gasteiger charge is 2.23.